The number of aromatic amines is 1. The number of rotatable bonds is 2. The van der Waals surface area contributed by atoms with Crippen molar-refractivity contribution >= 4 is 33.5 Å². The molecule has 2 aromatic carbocycles. The van der Waals surface area contributed by atoms with E-state index in [4.69, 9.17) is 0 Å². The van der Waals surface area contributed by atoms with Gasteiger partial charge in [-0.1, -0.05) is 24.3 Å². The van der Waals surface area contributed by atoms with Gasteiger partial charge in [-0.15, -0.1) is 0 Å². The van der Waals surface area contributed by atoms with Gasteiger partial charge in [0.2, 0.25) is 0 Å². The monoisotopic (exact) mass is 290 g/mol. The SMILES string of the molecule is Cn1ccc2cccc(C(=O)Nc3n[nH]c4ccccc34)c21. The summed E-state index contributed by atoms with van der Waals surface area (Å²) in [7, 11) is 1.93. The van der Waals surface area contributed by atoms with Crippen LogP contribution in [-0.4, -0.2) is 20.7 Å². The summed E-state index contributed by atoms with van der Waals surface area (Å²) in [6.45, 7) is 0. The number of nitrogens with one attached hydrogen (secondary N) is 2. The normalized spacial score (nSPS) is 11.1. The summed E-state index contributed by atoms with van der Waals surface area (Å²) in [4.78, 5) is 12.6. The molecule has 0 spiro atoms. The van der Waals surface area contributed by atoms with E-state index in [0.29, 0.717) is 11.4 Å². The molecule has 0 bridgehead atoms. The van der Waals surface area contributed by atoms with Gasteiger partial charge in [0.15, 0.2) is 5.82 Å². The quantitative estimate of drug-likeness (QED) is 0.595. The van der Waals surface area contributed by atoms with E-state index in [1.165, 1.54) is 0 Å². The molecule has 22 heavy (non-hydrogen) atoms. The molecule has 108 valence electrons. The highest BCUT2D eigenvalue weighted by atomic mass is 16.1. The summed E-state index contributed by atoms with van der Waals surface area (Å²) < 4.78 is 1.95. The Hall–Kier alpha value is -3.08. The average Bonchev–Trinajstić information content (AvgIpc) is 3.12. The predicted octanol–water partition coefficient (Wildman–Crippen LogP) is 3.31. The molecule has 4 aromatic rings. The largest absolute Gasteiger partial charge is 0.350 e. The van der Waals surface area contributed by atoms with Gasteiger partial charge in [0.05, 0.1) is 16.6 Å². The molecule has 5 nitrogen and oxygen atoms in total. The molecule has 2 N–H and O–H groups in total. The van der Waals surface area contributed by atoms with E-state index in [-0.39, 0.29) is 5.91 Å². The van der Waals surface area contributed by atoms with Crippen LogP contribution < -0.4 is 5.32 Å². The minimum absolute atomic E-state index is 0.162. The number of H-pyrrole nitrogens is 1. The van der Waals surface area contributed by atoms with Gasteiger partial charge in [-0.2, -0.15) is 5.10 Å². The first kappa shape index (κ1) is 12.6. The zero-order chi connectivity index (χ0) is 15.1. The molecule has 0 aliphatic rings. The minimum Gasteiger partial charge on any atom is -0.350 e. The van der Waals surface area contributed by atoms with Crippen LogP contribution in [0.3, 0.4) is 0 Å². The highest BCUT2D eigenvalue weighted by molar-refractivity contribution is 6.13. The number of para-hydroxylation sites is 2. The molecule has 0 fully saturated rings. The van der Waals surface area contributed by atoms with Crippen molar-refractivity contribution in [2.24, 2.45) is 7.05 Å². The first-order valence-corrected chi connectivity index (χ1v) is 7.02. The first-order chi connectivity index (χ1) is 10.7. The Morgan fingerprint density at radius 2 is 2.00 bits per heavy atom. The number of aromatic nitrogens is 3. The van der Waals surface area contributed by atoms with E-state index in [1.807, 2.05) is 66.3 Å². The third kappa shape index (κ3) is 1.87. The third-order valence-corrected chi connectivity index (χ3v) is 3.84. The van der Waals surface area contributed by atoms with Crippen molar-refractivity contribution in [3.05, 3.63) is 60.3 Å². The zero-order valence-corrected chi connectivity index (χ0v) is 12.0. The van der Waals surface area contributed by atoms with Crippen LogP contribution in [0.4, 0.5) is 5.82 Å². The highest BCUT2D eigenvalue weighted by Gasteiger charge is 2.15. The highest BCUT2D eigenvalue weighted by Crippen LogP contribution is 2.23. The van der Waals surface area contributed by atoms with Gasteiger partial charge in [-0.3, -0.25) is 9.89 Å². The summed E-state index contributed by atoms with van der Waals surface area (Å²) in [5.41, 5.74) is 2.45. The Bertz CT molecular complexity index is 996. The number of fused-ring (bicyclic) bond motifs is 2. The molecular formula is C17H14N4O. The summed E-state index contributed by atoms with van der Waals surface area (Å²) in [6, 6.07) is 15.4. The second-order valence-electron chi connectivity index (χ2n) is 5.24. The maximum Gasteiger partial charge on any atom is 0.259 e. The van der Waals surface area contributed by atoms with Crippen LogP contribution in [-0.2, 0) is 7.05 Å². The number of benzene rings is 2. The van der Waals surface area contributed by atoms with E-state index in [1.54, 1.807) is 0 Å². The molecule has 0 saturated heterocycles. The van der Waals surface area contributed by atoms with Crippen LogP contribution in [0.25, 0.3) is 21.8 Å². The molecule has 2 aromatic heterocycles. The Balaban J connectivity index is 1.76. The minimum atomic E-state index is -0.162. The Labute approximate surface area is 126 Å². The number of carbonyl (C=O) groups is 1. The fraction of sp³-hybridized carbons (Fsp3) is 0.0588. The smallest absolute Gasteiger partial charge is 0.259 e. The molecule has 5 heteroatoms. The van der Waals surface area contributed by atoms with Crippen LogP contribution in [0, 0.1) is 0 Å². The van der Waals surface area contributed by atoms with Gasteiger partial charge in [0.25, 0.3) is 5.91 Å². The number of hydrogen-bond donors (Lipinski definition) is 2. The van der Waals surface area contributed by atoms with Crippen LogP contribution in [0.1, 0.15) is 10.4 Å². The Morgan fingerprint density at radius 3 is 2.91 bits per heavy atom. The molecule has 2 heterocycles. The standard InChI is InChI=1S/C17H14N4O/c1-21-10-9-11-5-4-7-13(15(11)21)17(22)18-16-12-6-2-3-8-14(12)19-20-16/h2-10H,1H3,(H2,18,19,20,22). The van der Waals surface area contributed by atoms with Crippen LogP contribution in [0.2, 0.25) is 0 Å². The van der Waals surface area contributed by atoms with Gasteiger partial charge >= 0.3 is 0 Å². The van der Waals surface area contributed by atoms with E-state index in [9.17, 15) is 4.79 Å². The van der Waals surface area contributed by atoms with Gasteiger partial charge < -0.3 is 9.88 Å². The van der Waals surface area contributed by atoms with Crippen molar-refractivity contribution in [2.45, 2.75) is 0 Å². The molecular weight excluding hydrogens is 276 g/mol. The van der Waals surface area contributed by atoms with Crippen molar-refractivity contribution in [1.29, 1.82) is 0 Å². The van der Waals surface area contributed by atoms with Gasteiger partial charge in [0, 0.05) is 24.0 Å². The van der Waals surface area contributed by atoms with Crippen LogP contribution in [0.5, 0.6) is 0 Å². The van der Waals surface area contributed by atoms with Crippen LogP contribution in [0.15, 0.2) is 54.7 Å². The summed E-state index contributed by atoms with van der Waals surface area (Å²) >= 11 is 0. The molecule has 0 atom stereocenters. The van der Waals surface area contributed by atoms with Gasteiger partial charge in [-0.25, -0.2) is 0 Å². The third-order valence-electron chi connectivity index (χ3n) is 3.84. The van der Waals surface area contributed by atoms with E-state index >= 15 is 0 Å². The van der Waals surface area contributed by atoms with Gasteiger partial charge in [0.1, 0.15) is 0 Å². The number of amides is 1. The molecule has 0 unspecified atom stereocenters. The fourth-order valence-corrected chi connectivity index (χ4v) is 2.77. The Morgan fingerprint density at radius 1 is 1.14 bits per heavy atom. The van der Waals surface area contributed by atoms with E-state index in [2.05, 4.69) is 15.5 Å². The lowest BCUT2D eigenvalue weighted by Crippen LogP contribution is -2.13. The van der Waals surface area contributed by atoms with Crippen LogP contribution >= 0.6 is 0 Å². The lowest BCUT2D eigenvalue weighted by atomic mass is 10.1. The number of aryl methyl sites for hydroxylation is 1. The maximum atomic E-state index is 12.6. The molecule has 0 aliphatic carbocycles. The second-order valence-corrected chi connectivity index (χ2v) is 5.24. The molecule has 1 amide bonds. The molecule has 0 radical (unpaired) electrons. The number of carbonyl (C=O) groups excluding carboxylic acids is 1. The molecule has 0 saturated carbocycles. The summed E-state index contributed by atoms with van der Waals surface area (Å²) in [5.74, 6) is 0.386. The van der Waals surface area contributed by atoms with Crippen molar-refractivity contribution in [1.82, 2.24) is 14.8 Å². The number of anilines is 1. The average molecular weight is 290 g/mol. The molecule has 4 rings (SSSR count). The van der Waals surface area contributed by atoms with Crippen molar-refractivity contribution in [3.8, 4) is 0 Å². The number of hydrogen-bond acceptors (Lipinski definition) is 2. The van der Waals surface area contributed by atoms with E-state index < -0.39 is 0 Å². The number of nitrogens with zero attached hydrogens (tertiary/aromatic N) is 2. The topological polar surface area (TPSA) is 62.7 Å². The predicted molar refractivity (Wildman–Crippen MR) is 87.0 cm³/mol. The summed E-state index contributed by atoms with van der Waals surface area (Å²) in [6.07, 6.45) is 1.95. The lowest BCUT2D eigenvalue weighted by Gasteiger charge is -2.06. The van der Waals surface area contributed by atoms with Crippen molar-refractivity contribution in [2.75, 3.05) is 5.32 Å². The Kier molecular flexibility index (Phi) is 2.72. The summed E-state index contributed by atoms with van der Waals surface area (Å²) in [5, 5.41) is 11.9. The fourth-order valence-electron chi connectivity index (χ4n) is 2.77. The van der Waals surface area contributed by atoms with Crippen molar-refractivity contribution in [3.63, 3.8) is 0 Å². The molecule has 0 aliphatic heterocycles. The lowest BCUT2D eigenvalue weighted by molar-refractivity contribution is 0.102. The van der Waals surface area contributed by atoms with E-state index in [0.717, 1.165) is 21.8 Å². The first-order valence-electron chi connectivity index (χ1n) is 7.02. The van der Waals surface area contributed by atoms with Gasteiger partial charge in [-0.05, 0) is 24.3 Å². The zero-order valence-electron chi connectivity index (χ0n) is 12.0. The maximum absolute atomic E-state index is 12.6. The second kappa shape index (κ2) is 4.73. The van der Waals surface area contributed by atoms with Crippen molar-refractivity contribution < 1.29 is 4.79 Å².